The van der Waals surface area contributed by atoms with Crippen molar-refractivity contribution in [2.24, 2.45) is 0 Å². The van der Waals surface area contributed by atoms with Gasteiger partial charge in [-0.25, -0.2) is 4.98 Å². The minimum absolute atomic E-state index is 0.0362. The third-order valence-electron chi connectivity index (χ3n) is 4.97. The number of unbranched alkanes of at least 4 members (excludes halogenated alkanes) is 2. The molecule has 0 spiro atoms. The second-order valence-electron chi connectivity index (χ2n) is 7.28. The highest BCUT2D eigenvalue weighted by atomic mass is 32.1. The zero-order valence-electron chi connectivity index (χ0n) is 16.6. The monoisotopic (exact) mass is 438 g/mol. The molecule has 2 aromatic heterocycles. The van der Waals surface area contributed by atoms with Crippen molar-refractivity contribution in [3.63, 3.8) is 0 Å². The van der Waals surface area contributed by atoms with Gasteiger partial charge in [0.25, 0.3) is 5.56 Å². The summed E-state index contributed by atoms with van der Waals surface area (Å²) in [6.45, 7) is 2.58. The lowest BCUT2D eigenvalue weighted by molar-refractivity contribution is -0.116. The summed E-state index contributed by atoms with van der Waals surface area (Å²) in [5.74, 6) is -0.0362. The average molecular weight is 439 g/mol. The van der Waals surface area contributed by atoms with Crippen LogP contribution in [0.2, 0.25) is 0 Å². The van der Waals surface area contributed by atoms with E-state index in [0.717, 1.165) is 35.0 Å². The van der Waals surface area contributed by atoms with Crippen LogP contribution in [0, 0.1) is 11.7 Å². The number of hydrogen-bond donors (Lipinski definition) is 2. The quantitative estimate of drug-likeness (QED) is 0.308. The lowest BCUT2D eigenvalue weighted by atomic mass is 10.2. The molecule has 0 aliphatic carbocycles. The van der Waals surface area contributed by atoms with Crippen molar-refractivity contribution in [2.45, 2.75) is 39.2 Å². The van der Waals surface area contributed by atoms with E-state index in [1.807, 2.05) is 37.3 Å². The zero-order valence-corrected chi connectivity index (χ0v) is 18.2. The zero-order chi connectivity index (χ0) is 21.1. The van der Waals surface area contributed by atoms with Gasteiger partial charge in [0.05, 0.1) is 21.1 Å². The van der Waals surface area contributed by atoms with Crippen molar-refractivity contribution in [2.75, 3.05) is 5.32 Å². The molecule has 0 fully saturated rings. The van der Waals surface area contributed by atoms with Crippen LogP contribution >= 0.6 is 23.6 Å². The van der Waals surface area contributed by atoms with Crippen LogP contribution in [0.4, 0.5) is 5.13 Å². The minimum atomic E-state index is -0.0711. The van der Waals surface area contributed by atoms with E-state index in [1.54, 1.807) is 10.6 Å². The molecule has 0 bridgehead atoms. The van der Waals surface area contributed by atoms with Gasteiger partial charge in [-0.3, -0.25) is 14.2 Å². The maximum absolute atomic E-state index is 12.6. The fourth-order valence-corrected chi connectivity index (χ4v) is 4.67. The van der Waals surface area contributed by atoms with Crippen molar-refractivity contribution >= 4 is 55.7 Å². The molecule has 30 heavy (non-hydrogen) atoms. The van der Waals surface area contributed by atoms with Crippen LogP contribution in [0.3, 0.4) is 0 Å². The van der Waals surface area contributed by atoms with Crippen molar-refractivity contribution in [1.29, 1.82) is 0 Å². The predicted molar refractivity (Wildman–Crippen MR) is 125 cm³/mol. The Hall–Kier alpha value is -2.84. The second kappa shape index (κ2) is 8.89. The molecule has 4 aromatic rings. The number of fused-ring (bicyclic) bond motifs is 2. The summed E-state index contributed by atoms with van der Waals surface area (Å²) in [7, 11) is 0. The number of hydrogen-bond acceptors (Lipinski definition) is 5. The lowest BCUT2D eigenvalue weighted by Crippen LogP contribution is -2.22. The summed E-state index contributed by atoms with van der Waals surface area (Å²) in [5, 5.41) is 4.16. The Bertz CT molecular complexity index is 1340. The Labute approximate surface area is 182 Å². The SMILES string of the molecule is Cc1ccc2nc(NC(=O)CCCCCn3c(=S)[nH]c4ccccc4c3=O)sc2c1. The highest BCUT2D eigenvalue weighted by molar-refractivity contribution is 7.71. The molecule has 0 radical (unpaired) electrons. The van der Waals surface area contributed by atoms with Crippen LogP contribution in [-0.4, -0.2) is 20.4 Å². The van der Waals surface area contributed by atoms with Gasteiger partial charge in [-0.1, -0.05) is 36.0 Å². The van der Waals surface area contributed by atoms with Gasteiger partial charge >= 0.3 is 0 Å². The molecular weight excluding hydrogens is 416 g/mol. The molecule has 154 valence electrons. The van der Waals surface area contributed by atoms with E-state index in [9.17, 15) is 9.59 Å². The van der Waals surface area contributed by atoms with E-state index in [4.69, 9.17) is 12.2 Å². The van der Waals surface area contributed by atoms with Gasteiger partial charge in [0.1, 0.15) is 0 Å². The van der Waals surface area contributed by atoms with Crippen molar-refractivity contribution in [1.82, 2.24) is 14.5 Å². The summed E-state index contributed by atoms with van der Waals surface area (Å²) in [4.78, 5) is 32.4. The Morgan fingerprint density at radius 3 is 2.90 bits per heavy atom. The standard InChI is InChI=1S/C22H22N4O2S2/c1-14-10-11-17-18(13-14)30-21(23-17)25-19(27)9-3-2-6-12-26-20(28)15-7-4-5-8-16(15)24-22(26)29/h4-5,7-8,10-11,13H,2-3,6,9,12H2,1H3,(H,24,29)(H,23,25,27). The van der Waals surface area contributed by atoms with Crippen molar-refractivity contribution in [3.05, 3.63) is 63.2 Å². The number of aromatic nitrogens is 3. The van der Waals surface area contributed by atoms with E-state index in [0.29, 0.717) is 28.3 Å². The van der Waals surface area contributed by atoms with Crippen molar-refractivity contribution in [3.8, 4) is 0 Å². The molecule has 0 saturated carbocycles. The van der Waals surface area contributed by atoms with Crippen LogP contribution in [0.1, 0.15) is 31.2 Å². The third-order valence-corrected chi connectivity index (χ3v) is 6.22. The van der Waals surface area contributed by atoms with Crippen LogP contribution in [0.15, 0.2) is 47.3 Å². The number of nitrogens with zero attached hydrogens (tertiary/aromatic N) is 2. The molecule has 4 rings (SSSR count). The average Bonchev–Trinajstić information content (AvgIpc) is 3.11. The fourth-order valence-electron chi connectivity index (χ4n) is 3.40. The van der Waals surface area contributed by atoms with Crippen molar-refractivity contribution < 1.29 is 4.79 Å². The van der Waals surface area contributed by atoms with E-state index in [-0.39, 0.29) is 11.5 Å². The van der Waals surface area contributed by atoms with Crippen LogP contribution < -0.4 is 10.9 Å². The number of carbonyl (C=O) groups excluding carboxylic acids is 1. The number of benzene rings is 2. The Morgan fingerprint density at radius 1 is 1.20 bits per heavy atom. The molecule has 2 aromatic carbocycles. The normalized spacial score (nSPS) is 11.2. The highest BCUT2D eigenvalue weighted by Gasteiger charge is 2.09. The fraction of sp³-hybridized carbons (Fsp3) is 0.273. The number of amides is 1. The number of thiazole rings is 1. The number of rotatable bonds is 7. The molecule has 0 unspecified atom stereocenters. The van der Waals surface area contributed by atoms with E-state index >= 15 is 0 Å². The summed E-state index contributed by atoms with van der Waals surface area (Å²) in [6, 6.07) is 13.4. The molecular formula is C22H22N4O2S2. The Balaban J connectivity index is 1.28. The number of carbonyl (C=O) groups is 1. The molecule has 1 amide bonds. The number of nitrogens with one attached hydrogen (secondary N) is 2. The predicted octanol–water partition coefficient (Wildman–Crippen LogP) is 5.18. The summed E-state index contributed by atoms with van der Waals surface area (Å²) in [5.41, 5.74) is 2.76. The van der Waals surface area contributed by atoms with Crippen LogP contribution in [-0.2, 0) is 11.3 Å². The second-order valence-corrected chi connectivity index (χ2v) is 8.70. The van der Waals surface area contributed by atoms with Crippen LogP contribution in [0.25, 0.3) is 21.1 Å². The summed E-state index contributed by atoms with van der Waals surface area (Å²) < 4.78 is 3.10. The van der Waals surface area contributed by atoms with E-state index < -0.39 is 0 Å². The molecule has 8 heteroatoms. The first-order valence-electron chi connectivity index (χ1n) is 9.90. The summed E-state index contributed by atoms with van der Waals surface area (Å²) >= 11 is 6.82. The molecule has 0 aliphatic rings. The first-order chi connectivity index (χ1) is 14.5. The number of aromatic amines is 1. The minimum Gasteiger partial charge on any atom is -0.332 e. The van der Waals surface area contributed by atoms with Gasteiger partial charge in [0, 0.05) is 13.0 Å². The molecule has 6 nitrogen and oxygen atoms in total. The third kappa shape index (κ3) is 4.49. The molecule has 2 heterocycles. The van der Waals surface area contributed by atoms with E-state index in [2.05, 4.69) is 21.4 Å². The first kappa shape index (κ1) is 20.4. The maximum atomic E-state index is 12.6. The molecule has 0 atom stereocenters. The van der Waals surface area contributed by atoms with Gasteiger partial charge in [-0.05, 0) is 61.8 Å². The van der Waals surface area contributed by atoms with Gasteiger partial charge in [0.2, 0.25) is 5.91 Å². The number of para-hydroxylation sites is 1. The topological polar surface area (TPSA) is 79.8 Å². The number of anilines is 1. The molecule has 0 saturated heterocycles. The maximum Gasteiger partial charge on any atom is 0.262 e. The molecule has 0 aliphatic heterocycles. The smallest absolute Gasteiger partial charge is 0.262 e. The van der Waals surface area contributed by atoms with Gasteiger partial charge in [-0.2, -0.15) is 0 Å². The number of aryl methyl sites for hydroxylation is 1. The Morgan fingerprint density at radius 2 is 2.03 bits per heavy atom. The molecule has 2 N–H and O–H groups in total. The lowest BCUT2D eigenvalue weighted by Gasteiger charge is -2.08. The number of H-pyrrole nitrogens is 1. The Kier molecular flexibility index (Phi) is 6.06. The van der Waals surface area contributed by atoms with E-state index in [1.165, 1.54) is 16.9 Å². The first-order valence-corrected chi connectivity index (χ1v) is 11.1. The van der Waals surface area contributed by atoms with Crippen LogP contribution in [0.5, 0.6) is 0 Å². The highest BCUT2D eigenvalue weighted by Crippen LogP contribution is 2.26. The van der Waals surface area contributed by atoms with Gasteiger partial charge in [0.15, 0.2) is 9.90 Å². The largest absolute Gasteiger partial charge is 0.332 e. The van der Waals surface area contributed by atoms with Gasteiger partial charge < -0.3 is 10.3 Å². The summed E-state index contributed by atoms with van der Waals surface area (Å²) in [6.07, 6.45) is 2.78. The van der Waals surface area contributed by atoms with Gasteiger partial charge in [-0.15, -0.1) is 0 Å².